The SMILES string of the molecule is CC(C)CNC(=O)CN(C)C(=O)Cc1ccc(N)cn1. The number of pyridine rings is 1. The largest absolute Gasteiger partial charge is 0.397 e. The number of hydrogen-bond donors (Lipinski definition) is 2. The van der Waals surface area contributed by atoms with E-state index in [0.717, 1.165) is 0 Å². The van der Waals surface area contributed by atoms with Gasteiger partial charge in [0.2, 0.25) is 11.8 Å². The van der Waals surface area contributed by atoms with Crippen molar-refractivity contribution < 1.29 is 9.59 Å². The molecule has 0 fully saturated rings. The van der Waals surface area contributed by atoms with Crippen LogP contribution < -0.4 is 11.1 Å². The molecule has 0 aliphatic carbocycles. The lowest BCUT2D eigenvalue weighted by molar-refractivity contribution is -0.134. The second-order valence-corrected chi connectivity index (χ2v) is 5.21. The fourth-order valence-corrected chi connectivity index (χ4v) is 1.51. The highest BCUT2D eigenvalue weighted by molar-refractivity contribution is 5.85. The number of rotatable bonds is 6. The summed E-state index contributed by atoms with van der Waals surface area (Å²) in [4.78, 5) is 29.0. The second kappa shape index (κ2) is 7.47. The Bertz CT molecular complexity index is 457. The predicted molar refractivity (Wildman–Crippen MR) is 77.8 cm³/mol. The molecule has 0 aromatic carbocycles. The van der Waals surface area contributed by atoms with Crippen LogP contribution in [0, 0.1) is 5.92 Å². The van der Waals surface area contributed by atoms with Crippen LogP contribution in [0.1, 0.15) is 19.5 Å². The van der Waals surface area contributed by atoms with Gasteiger partial charge in [0, 0.05) is 19.3 Å². The van der Waals surface area contributed by atoms with E-state index in [-0.39, 0.29) is 24.8 Å². The zero-order chi connectivity index (χ0) is 15.1. The molecule has 0 atom stereocenters. The van der Waals surface area contributed by atoms with Crippen LogP contribution >= 0.6 is 0 Å². The topological polar surface area (TPSA) is 88.3 Å². The van der Waals surface area contributed by atoms with E-state index in [4.69, 9.17) is 5.73 Å². The van der Waals surface area contributed by atoms with E-state index in [0.29, 0.717) is 23.8 Å². The fraction of sp³-hybridized carbons (Fsp3) is 0.500. The van der Waals surface area contributed by atoms with Gasteiger partial charge in [-0.25, -0.2) is 0 Å². The minimum absolute atomic E-state index is 0.0561. The van der Waals surface area contributed by atoms with Gasteiger partial charge in [-0.05, 0) is 18.1 Å². The number of aromatic nitrogens is 1. The van der Waals surface area contributed by atoms with E-state index >= 15 is 0 Å². The number of nitrogens with two attached hydrogens (primary N) is 1. The number of nitrogens with zero attached hydrogens (tertiary/aromatic N) is 2. The van der Waals surface area contributed by atoms with Crippen molar-refractivity contribution in [3.63, 3.8) is 0 Å². The quantitative estimate of drug-likeness (QED) is 0.790. The third-order valence-electron chi connectivity index (χ3n) is 2.69. The Hall–Kier alpha value is -2.11. The van der Waals surface area contributed by atoms with E-state index in [9.17, 15) is 9.59 Å². The van der Waals surface area contributed by atoms with Crippen LogP contribution in [0.15, 0.2) is 18.3 Å². The molecule has 0 aliphatic rings. The van der Waals surface area contributed by atoms with Gasteiger partial charge in [0.05, 0.1) is 24.8 Å². The van der Waals surface area contributed by atoms with Crippen LogP contribution in [-0.4, -0.2) is 41.8 Å². The van der Waals surface area contributed by atoms with E-state index in [1.165, 1.54) is 11.1 Å². The van der Waals surface area contributed by atoms with Crippen LogP contribution in [0.2, 0.25) is 0 Å². The molecular weight excluding hydrogens is 256 g/mol. The summed E-state index contributed by atoms with van der Waals surface area (Å²) in [5, 5.41) is 2.77. The summed E-state index contributed by atoms with van der Waals surface area (Å²) in [5.41, 5.74) is 6.73. The van der Waals surface area contributed by atoms with Gasteiger partial charge in [-0.1, -0.05) is 13.8 Å². The molecule has 20 heavy (non-hydrogen) atoms. The number of nitrogens with one attached hydrogen (secondary N) is 1. The molecule has 1 aromatic heterocycles. The number of nitrogen functional groups attached to an aromatic ring is 1. The van der Waals surface area contributed by atoms with Crippen LogP contribution in [0.5, 0.6) is 0 Å². The first-order valence-electron chi connectivity index (χ1n) is 6.59. The molecule has 0 bridgehead atoms. The number of carbonyl (C=O) groups excluding carboxylic acids is 2. The summed E-state index contributed by atoms with van der Waals surface area (Å²) >= 11 is 0. The molecule has 2 amide bonds. The average molecular weight is 278 g/mol. The Kier molecular flexibility index (Phi) is 5.96. The molecule has 0 saturated heterocycles. The van der Waals surface area contributed by atoms with Crippen LogP contribution in [0.4, 0.5) is 5.69 Å². The van der Waals surface area contributed by atoms with Crippen molar-refractivity contribution in [1.29, 1.82) is 0 Å². The Morgan fingerprint density at radius 3 is 2.65 bits per heavy atom. The summed E-state index contributed by atoms with van der Waals surface area (Å²) in [5.74, 6) is 0.0840. The van der Waals surface area contributed by atoms with Gasteiger partial charge in [-0.3, -0.25) is 14.6 Å². The number of amides is 2. The highest BCUT2D eigenvalue weighted by atomic mass is 16.2. The summed E-state index contributed by atoms with van der Waals surface area (Å²) in [7, 11) is 1.61. The lowest BCUT2D eigenvalue weighted by atomic mass is 10.2. The van der Waals surface area contributed by atoms with E-state index < -0.39 is 0 Å². The number of hydrogen-bond acceptors (Lipinski definition) is 4. The minimum Gasteiger partial charge on any atom is -0.397 e. The van der Waals surface area contributed by atoms with Gasteiger partial charge < -0.3 is 16.0 Å². The Balaban J connectivity index is 2.42. The highest BCUT2D eigenvalue weighted by Crippen LogP contribution is 2.03. The lowest BCUT2D eigenvalue weighted by Crippen LogP contribution is -2.40. The lowest BCUT2D eigenvalue weighted by Gasteiger charge is -2.17. The van der Waals surface area contributed by atoms with Crippen LogP contribution in [-0.2, 0) is 16.0 Å². The van der Waals surface area contributed by atoms with Crippen LogP contribution in [0.25, 0.3) is 0 Å². The van der Waals surface area contributed by atoms with Crippen molar-refractivity contribution in [2.45, 2.75) is 20.3 Å². The molecule has 110 valence electrons. The Morgan fingerprint density at radius 2 is 2.10 bits per heavy atom. The first-order valence-corrected chi connectivity index (χ1v) is 6.59. The molecule has 0 spiro atoms. The zero-order valence-electron chi connectivity index (χ0n) is 12.2. The highest BCUT2D eigenvalue weighted by Gasteiger charge is 2.14. The molecular formula is C14H22N4O2. The Morgan fingerprint density at radius 1 is 1.40 bits per heavy atom. The smallest absolute Gasteiger partial charge is 0.239 e. The zero-order valence-corrected chi connectivity index (χ0v) is 12.2. The molecule has 0 aliphatic heterocycles. The predicted octanol–water partition coefficient (Wildman–Crippen LogP) is 0.437. The van der Waals surface area contributed by atoms with Gasteiger partial charge in [-0.2, -0.15) is 0 Å². The Labute approximate surface area is 119 Å². The molecule has 6 nitrogen and oxygen atoms in total. The normalized spacial score (nSPS) is 10.4. The first kappa shape index (κ1) is 15.9. The molecule has 1 aromatic rings. The van der Waals surface area contributed by atoms with Gasteiger partial charge in [0.1, 0.15) is 0 Å². The summed E-state index contributed by atoms with van der Waals surface area (Å²) in [6, 6.07) is 3.41. The maximum atomic E-state index is 11.9. The van der Waals surface area contributed by atoms with E-state index in [2.05, 4.69) is 10.3 Å². The minimum atomic E-state index is -0.153. The molecule has 0 saturated carbocycles. The first-order chi connectivity index (χ1) is 9.38. The standard InChI is InChI=1S/C14H22N4O2/c1-10(2)7-17-13(19)9-18(3)14(20)6-12-5-4-11(15)8-16-12/h4-5,8,10H,6-7,9,15H2,1-3H3,(H,17,19). The maximum Gasteiger partial charge on any atom is 0.239 e. The monoisotopic (exact) mass is 278 g/mol. The van der Waals surface area contributed by atoms with E-state index in [1.54, 1.807) is 19.2 Å². The van der Waals surface area contributed by atoms with Gasteiger partial charge in [0.15, 0.2) is 0 Å². The summed E-state index contributed by atoms with van der Waals surface area (Å²) in [6.45, 7) is 4.70. The van der Waals surface area contributed by atoms with Crippen molar-refractivity contribution in [3.8, 4) is 0 Å². The number of anilines is 1. The molecule has 3 N–H and O–H groups in total. The van der Waals surface area contributed by atoms with Gasteiger partial charge >= 0.3 is 0 Å². The third kappa shape index (κ3) is 5.69. The van der Waals surface area contributed by atoms with E-state index in [1.807, 2.05) is 13.8 Å². The molecule has 0 radical (unpaired) electrons. The van der Waals surface area contributed by atoms with Gasteiger partial charge in [-0.15, -0.1) is 0 Å². The molecule has 1 rings (SSSR count). The number of carbonyl (C=O) groups is 2. The summed E-state index contributed by atoms with van der Waals surface area (Å²) in [6.07, 6.45) is 1.67. The van der Waals surface area contributed by atoms with Crippen molar-refractivity contribution in [3.05, 3.63) is 24.0 Å². The summed E-state index contributed by atoms with van der Waals surface area (Å²) < 4.78 is 0. The molecule has 6 heteroatoms. The molecule has 0 unspecified atom stereocenters. The van der Waals surface area contributed by atoms with Crippen molar-refractivity contribution >= 4 is 17.5 Å². The average Bonchev–Trinajstić information content (AvgIpc) is 2.39. The second-order valence-electron chi connectivity index (χ2n) is 5.21. The van der Waals surface area contributed by atoms with Crippen molar-refractivity contribution in [1.82, 2.24) is 15.2 Å². The maximum absolute atomic E-state index is 11.9. The number of likely N-dealkylation sites (N-methyl/N-ethyl adjacent to an activating group) is 1. The molecule has 1 heterocycles. The third-order valence-corrected chi connectivity index (χ3v) is 2.69. The van der Waals surface area contributed by atoms with Crippen molar-refractivity contribution in [2.24, 2.45) is 5.92 Å². The van der Waals surface area contributed by atoms with Crippen LogP contribution in [0.3, 0.4) is 0 Å². The van der Waals surface area contributed by atoms with Gasteiger partial charge in [0.25, 0.3) is 0 Å². The van der Waals surface area contributed by atoms with Crippen molar-refractivity contribution in [2.75, 3.05) is 25.9 Å². The fourth-order valence-electron chi connectivity index (χ4n) is 1.51.